The van der Waals surface area contributed by atoms with Crippen molar-refractivity contribution in [3.05, 3.63) is 0 Å². The lowest BCUT2D eigenvalue weighted by atomic mass is 10.2. The van der Waals surface area contributed by atoms with Crippen LogP contribution < -0.4 is 0 Å². The van der Waals surface area contributed by atoms with Gasteiger partial charge < -0.3 is 10.0 Å². The first-order chi connectivity index (χ1) is 5.77. The summed E-state index contributed by atoms with van der Waals surface area (Å²) in [6.45, 7) is 7.45. The van der Waals surface area contributed by atoms with E-state index in [-0.39, 0.29) is 0 Å². The van der Waals surface area contributed by atoms with E-state index in [0.717, 1.165) is 17.9 Å². The maximum atomic E-state index is 8.98. The second-order valence-electron chi connectivity index (χ2n) is 4.39. The van der Waals surface area contributed by atoms with E-state index in [0.29, 0.717) is 12.5 Å². The third kappa shape index (κ3) is 1.17. The van der Waals surface area contributed by atoms with Gasteiger partial charge >= 0.3 is 0 Å². The van der Waals surface area contributed by atoms with Gasteiger partial charge in [-0.05, 0) is 31.1 Å². The summed E-state index contributed by atoms with van der Waals surface area (Å²) in [6, 6.07) is 0.747. The highest BCUT2D eigenvalue weighted by molar-refractivity contribution is 5.05. The SMILES string of the molecule is CCC(C)N1C[C@@H]2C(CO)[C@@H]2C1. The first kappa shape index (κ1) is 8.52. The Hall–Kier alpha value is -0.0800. The van der Waals surface area contributed by atoms with Crippen molar-refractivity contribution in [2.24, 2.45) is 17.8 Å². The van der Waals surface area contributed by atoms with Gasteiger partial charge in [-0.1, -0.05) is 6.92 Å². The van der Waals surface area contributed by atoms with Crippen LogP contribution in [0.4, 0.5) is 0 Å². The summed E-state index contributed by atoms with van der Waals surface area (Å²) in [5.74, 6) is 2.33. The molecule has 2 heteroatoms. The molecule has 1 heterocycles. The number of likely N-dealkylation sites (tertiary alicyclic amines) is 1. The molecule has 1 aliphatic heterocycles. The molecule has 2 aliphatic rings. The Balaban J connectivity index is 1.81. The first-order valence-electron chi connectivity index (χ1n) is 5.12. The number of fused-ring (bicyclic) bond motifs is 1. The average molecular weight is 169 g/mol. The molecule has 1 saturated carbocycles. The van der Waals surface area contributed by atoms with Crippen molar-refractivity contribution in [3.63, 3.8) is 0 Å². The van der Waals surface area contributed by atoms with Crippen LogP contribution in [0.25, 0.3) is 0 Å². The number of hydrogen-bond donors (Lipinski definition) is 1. The molecule has 0 aromatic carbocycles. The zero-order chi connectivity index (χ0) is 8.72. The molecule has 2 nitrogen and oxygen atoms in total. The van der Waals surface area contributed by atoms with E-state index in [4.69, 9.17) is 5.11 Å². The van der Waals surface area contributed by atoms with Gasteiger partial charge in [-0.3, -0.25) is 0 Å². The molecule has 0 spiro atoms. The Kier molecular flexibility index (Phi) is 2.13. The van der Waals surface area contributed by atoms with Crippen LogP contribution in [-0.2, 0) is 0 Å². The van der Waals surface area contributed by atoms with Crippen LogP contribution in [0.1, 0.15) is 20.3 Å². The molecule has 2 fully saturated rings. The second-order valence-corrected chi connectivity index (χ2v) is 4.39. The number of nitrogens with zero attached hydrogens (tertiary/aromatic N) is 1. The number of aliphatic hydroxyl groups is 1. The Morgan fingerprint density at radius 1 is 1.42 bits per heavy atom. The van der Waals surface area contributed by atoms with Gasteiger partial charge in [-0.25, -0.2) is 0 Å². The fourth-order valence-corrected chi connectivity index (χ4v) is 2.57. The van der Waals surface area contributed by atoms with Gasteiger partial charge in [-0.15, -0.1) is 0 Å². The van der Waals surface area contributed by atoms with Crippen molar-refractivity contribution in [1.82, 2.24) is 4.90 Å². The fraction of sp³-hybridized carbons (Fsp3) is 1.00. The summed E-state index contributed by atoms with van der Waals surface area (Å²) in [4.78, 5) is 2.57. The lowest BCUT2D eigenvalue weighted by Gasteiger charge is -2.25. The van der Waals surface area contributed by atoms with Crippen molar-refractivity contribution in [3.8, 4) is 0 Å². The molecule has 2 unspecified atom stereocenters. The quantitative estimate of drug-likeness (QED) is 0.680. The summed E-state index contributed by atoms with van der Waals surface area (Å²) in [7, 11) is 0. The van der Waals surface area contributed by atoms with Gasteiger partial charge in [0.2, 0.25) is 0 Å². The largest absolute Gasteiger partial charge is 0.396 e. The van der Waals surface area contributed by atoms with E-state index in [1.54, 1.807) is 0 Å². The van der Waals surface area contributed by atoms with Gasteiger partial charge in [0.25, 0.3) is 0 Å². The molecule has 1 N–H and O–H groups in total. The molecule has 12 heavy (non-hydrogen) atoms. The van der Waals surface area contributed by atoms with E-state index in [9.17, 15) is 0 Å². The van der Waals surface area contributed by atoms with Gasteiger partial charge in [0.05, 0.1) is 0 Å². The smallest absolute Gasteiger partial charge is 0.0465 e. The Morgan fingerprint density at radius 2 is 2.00 bits per heavy atom. The van der Waals surface area contributed by atoms with E-state index in [2.05, 4.69) is 18.7 Å². The van der Waals surface area contributed by atoms with Gasteiger partial charge in [-0.2, -0.15) is 0 Å². The van der Waals surface area contributed by atoms with Crippen molar-refractivity contribution >= 4 is 0 Å². The minimum Gasteiger partial charge on any atom is -0.396 e. The highest BCUT2D eigenvalue weighted by atomic mass is 16.3. The predicted molar refractivity (Wildman–Crippen MR) is 48.9 cm³/mol. The van der Waals surface area contributed by atoms with Gasteiger partial charge in [0.15, 0.2) is 0 Å². The molecular weight excluding hydrogens is 150 g/mol. The molecule has 1 saturated heterocycles. The molecule has 0 bridgehead atoms. The predicted octanol–water partition coefficient (Wildman–Crippen LogP) is 0.955. The van der Waals surface area contributed by atoms with Crippen molar-refractivity contribution in [2.45, 2.75) is 26.3 Å². The normalized spacial score (nSPS) is 42.8. The van der Waals surface area contributed by atoms with Crippen LogP contribution >= 0.6 is 0 Å². The van der Waals surface area contributed by atoms with Crippen LogP contribution in [-0.4, -0.2) is 35.7 Å². The van der Waals surface area contributed by atoms with Crippen LogP contribution in [0, 0.1) is 17.8 Å². The topological polar surface area (TPSA) is 23.5 Å². The summed E-state index contributed by atoms with van der Waals surface area (Å²) < 4.78 is 0. The molecule has 4 atom stereocenters. The lowest BCUT2D eigenvalue weighted by molar-refractivity contribution is 0.187. The number of hydrogen-bond acceptors (Lipinski definition) is 2. The second kappa shape index (κ2) is 3.00. The fourth-order valence-electron chi connectivity index (χ4n) is 2.57. The zero-order valence-corrected chi connectivity index (χ0v) is 8.03. The maximum absolute atomic E-state index is 8.98. The molecule has 0 amide bonds. The van der Waals surface area contributed by atoms with Crippen molar-refractivity contribution < 1.29 is 5.11 Å². The van der Waals surface area contributed by atoms with Crippen LogP contribution in [0.2, 0.25) is 0 Å². The molecule has 0 radical (unpaired) electrons. The zero-order valence-electron chi connectivity index (χ0n) is 8.03. The van der Waals surface area contributed by atoms with Crippen molar-refractivity contribution in [1.29, 1.82) is 0 Å². The van der Waals surface area contributed by atoms with E-state index >= 15 is 0 Å². The molecule has 0 aromatic heterocycles. The van der Waals surface area contributed by atoms with Crippen LogP contribution in [0.15, 0.2) is 0 Å². The van der Waals surface area contributed by atoms with Crippen LogP contribution in [0.5, 0.6) is 0 Å². The van der Waals surface area contributed by atoms with E-state index in [1.165, 1.54) is 19.5 Å². The number of piperidine rings is 1. The third-order valence-corrected chi connectivity index (χ3v) is 3.82. The van der Waals surface area contributed by atoms with E-state index in [1.807, 2.05) is 0 Å². The molecule has 70 valence electrons. The minimum absolute atomic E-state index is 0.420. The average Bonchev–Trinajstić information content (AvgIpc) is 2.56. The summed E-state index contributed by atoms with van der Waals surface area (Å²) in [5.41, 5.74) is 0. The maximum Gasteiger partial charge on any atom is 0.0465 e. The standard InChI is InChI=1S/C10H19NO/c1-3-7(2)11-4-8-9(5-11)10(8)6-12/h7-10,12H,3-6H2,1-2H3/t7?,8-,9+,10?. The lowest BCUT2D eigenvalue weighted by Crippen LogP contribution is -2.33. The third-order valence-electron chi connectivity index (χ3n) is 3.82. The molecular formula is C10H19NO. The number of rotatable bonds is 3. The molecule has 2 rings (SSSR count). The van der Waals surface area contributed by atoms with Gasteiger partial charge in [0, 0.05) is 25.7 Å². The van der Waals surface area contributed by atoms with Crippen LogP contribution in [0.3, 0.4) is 0 Å². The van der Waals surface area contributed by atoms with Gasteiger partial charge in [0.1, 0.15) is 0 Å². The molecule has 0 aromatic rings. The highest BCUT2D eigenvalue weighted by Crippen LogP contribution is 2.51. The Morgan fingerprint density at radius 3 is 2.42 bits per heavy atom. The van der Waals surface area contributed by atoms with Crippen molar-refractivity contribution in [2.75, 3.05) is 19.7 Å². The Labute approximate surface area is 74.6 Å². The minimum atomic E-state index is 0.420. The number of aliphatic hydroxyl groups excluding tert-OH is 1. The van der Waals surface area contributed by atoms with E-state index < -0.39 is 0 Å². The Bertz CT molecular complexity index is 159. The highest BCUT2D eigenvalue weighted by Gasteiger charge is 2.55. The summed E-state index contributed by atoms with van der Waals surface area (Å²) >= 11 is 0. The molecule has 1 aliphatic carbocycles. The summed E-state index contributed by atoms with van der Waals surface area (Å²) in [5, 5.41) is 8.98. The monoisotopic (exact) mass is 169 g/mol. The summed E-state index contributed by atoms with van der Waals surface area (Å²) in [6.07, 6.45) is 1.25. The first-order valence-corrected chi connectivity index (χ1v) is 5.12.